The maximum absolute atomic E-state index is 12.8. The Hall–Kier alpha value is -3.73. The second kappa shape index (κ2) is 8.10. The van der Waals surface area contributed by atoms with E-state index < -0.39 is 6.04 Å². The predicted octanol–water partition coefficient (Wildman–Crippen LogP) is 3.01. The van der Waals surface area contributed by atoms with Crippen LogP contribution in [0.2, 0.25) is 0 Å². The zero-order valence-corrected chi connectivity index (χ0v) is 16.1. The molecule has 3 aromatic carbocycles. The summed E-state index contributed by atoms with van der Waals surface area (Å²) in [5, 5.41) is 2.92. The molecule has 2 N–H and O–H groups in total. The number of rotatable bonds is 4. The summed E-state index contributed by atoms with van der Waals surface area (Å²) in [5.74, 6) is -0.515. The van der Waals surface area contributed by atoms with Crippen molar-refractivity contribution >= 4 is 18.0 Å². The molecule has 0 saturated carbocycles. The third-order valence-electron chi connectivity index (χ3n) is 4.97. The van der Waals surface area contributed by atoms with Gasteiger partial charge in [-0.3, -0.25) is 9.59 Å². The Kier molecular flexibility index (Phi) is 5.20. The molecule has 5 nitrogen and oxygen atoms in total. The van der Waals surface area contributed by atoms with Gasteiger partial charge in [-0.05, 0) is 31.2 Å². The second-order valence-corrected chi connectivity index (χ2v) is 7.10. The maximum atomic E-state index is 12.8. The van der Waals surface area contributed by atoms with E-state index in [-0.39, 0.29) is 17.9 Å². The summed E-state index contributed by atoms with van der Waals surface area (Å²) in [6, 6.07) is 25.7. The normalized spacial score (nSPS) is 19.8. The van der Waals surface area contributed by atoms with Crippen molar-refractivity contribution in [2.45, 2.75) is 19.0 Å². The highest BCUT2D eigenvalue weighted by molar-refractivity contribution is 5.98. The van der Waals surface area contributed by atoms with E-state index in [1.165, 1.54) is 0 Å². The van der Waals surface area contributed by atoms with E-state index in [1.807, 2.05) is 85.9 Å². The van der Waals surface area contributed by atoms with Crippen LogP contribution >= 0.6 is 0 Å². The van der Waals surface area contributed by atoms with Crippen LogP contribution < -0.4 is 10.7 Å². The standard InChI is InChI=1S/C24H21N3O2/c1-17-12-14-20(15-13-17)23(28)25-21-22(19-10-6-3-7-11-19)27(26-24(21)29)16-18-8-4-2-5-9-18/h2-16,21-22H,1H3,(H-,25,26,28,29)/p+1/b27-16-/t21-,22+/m1/s1. The van der Waals surface area contributed by atoms with Crippen LogP contribution in [-0.2, 0) is 4.79 Å². The molecule has 2 amide bonds. The molecule has 0 aromatic heterocycles. The van der Waals surface area contributed by atoms with Crippen molar-refractivity contribution < 1.29 is 14.3 Å². The third-order valence-corrected chi connectivity index (χ3v) is 4.97. The van der Waals surface area contributed by atoms with Gasteiger partial charge in [0.2, 0.25) is 12.3 Å². The first-order valence-corrected chi connectivity index (χ1v) is 9.53. The Morgan fingerprint density at radius 1 is 0.931 bits per heavy atom. The molecule has 4 rings (SSSR count). The topological polar surface area (TPSA) is 61.2 Å². The highest BCUT2D eigenvalue weighted by atomic mass is 16.2. The molecule has 2 atom stereocenters. The van der Waals surface area contributed by atoms with Crippen molar-refractivity contribution in [3.63, 3.8) is 0 Å². The zero-order valence-electron chi connectivity index (χ0n) is 16.1. The molecule has 1 saturated heterocycles. The number of carbonyl (C=O) groups is 2. The summed E-state index contributed by atoms with van der Waals surface area (Å²) < 4.78 is 1.77. The van der Waals surface area contributed by atoms with E-state index >= 15 is 0 Å². The molecule has 29 heavy (non-hydrogen) atoms. The molecule has 0 radical (unpaired) electrons. The number of carbonyl (C=O) groups excluding carboxylic acids is 2. The molecule has 0 spiro atoms. The van der Waals surface area contributed by atoms with E-state index in [0.29, 0.717) is 5.56 Å². The summed E-state index contributed by atoms with van der Waals surface area (Å²) in [5.41, 5.74) is 6.39. The van der Waals surface area contributed by atoms with E-state index in [0.717, 1.165) is 16.7 Å². The van der Waals surface area contributed by atoms with Gasteiger partial charge in [0.05, 0.1) is 0 Å². The number of hydrogen-bond donors (Lipinski definition) is 2. The summed E-state index contributed by atoms with van der Waals surface area (Å²) >= 11 is 0. The second-order valence-electron chi connectivity index (χ2n) is 7.10. The summed E-state index contributed by atoms with van der Waals surface area (Å²) in [4.78, 5) is 25.6. The van der Waals surface area contributed by atoms with Crippen molar-refractivity contribution in [3.05, 3.63) is 107 Å². The van der Waals surface area contributed by atoms with Crippen LogP contribution in [0, 0.1) is 6.92 Å². The van der Waals surface area contributed by atoms with Crippen molar-refractivity contribution in [3.8, 4) is 0 Å². The minimum absolute atomic E-state index is 0.244. The van der Waals surface area contributed by atoms with Crippen molar-refractivity contribution in [2.24, 2.45) is 0 Å². The molecule has 1 aliphatic heterocycles. The third kappa shape index (κ3) is 4.09. The number of aryl methyl sites for hydroxylation is 1. The number of amides is 2. The fraction of sp³-hybridized carbons (Fsp3) is 0.125. The fourth-order valence-corrected chi connectivity index (χ4v) is 3.46. The first-order chi connectivity index (χ1) is 14.1. The minimum atomic E-state index is -0.717. The lowest BCUT2D eigenvalue weighted by molar-refractivity contribution is -0.596. The highest BCUT2D eigenvalue weighted by Crippen LogP contribution is 2.25. The number of nitrogens with zero attached hydrogens (tertiary/aromatic N) is 1. The largest absolute Gasteiger partial charge is 0.334 e. The van der Waals surface area contributed by atoms with Gasteiger partial charge in [-0.1, -0.05) is 66.2 Å². The summed E-state index contributed by atoms with van der Waals surface area (Å²) in [6.07, 6.45) is 1.88. The van der Waals surface area contributed by atoms with Gasteiger partial charge >= 0.3 is 5.91 Å². The van der Waals surface area contributed by atoms with Gasteiger partial charge in [-0.15, -0.1) is 10.1 Å². The molecular formula is C24H22N3O2+. The van der Waals surface area contributed by atoms with Crippen LogP contribution in [0.1, 0.15) is 33.1 Å². The lowest BCUT2D eigenvalue weighted by Crippen LogP contribution is -2.42. The zero-order chi connectivity index (χ0) is 20.2. The molecule has 0 bridgehead atoms. The molecule has 1 aliphatic rings. The Morgan fingerprint density at radius 3 is 2.21 bits per heavy atom. The quantitative estimate of drug-likeness (QED) is 0.680. The smallest absolute Gasteiger partial charge is 0.304 e. The Morgan fingerprint density at radius 2 is 1.55 bits per heavy atom. The number of hydrazine groups is 1. The summed E-state index contributed by atoms with van der Waals surface area (Å²) in [7, 11) is 0. The molecule has 144 valence electrons. The van der Waals surface area contributed by atoms with Gasteiger partial charge in [-0.25, -0.2) is 0 Å². The van der Waals surface area contributed by atoms with Crippen molar-refractivity contribution in [1.29, 1.82) is 0 Å². The van der Waals surface area contributed by atoms with Gasteiger partial charge in [0.25, 0.3) is 5.91 Å². The first kappa shape index (κ1) is 18.6. The van der Waals surface area contributed by atoms with Crippen molar-refractivity contribution in [2.75, 3.05) is 0 Å². The minimum Gasteiger partial charge on any atom is -0.334 e. The highest BCUT2D eigenvalue weighted by Gasteiger charge is 2.47. The number of hydrogen-bond acceptors (Lipinski definition) is 2. The number of hydrazone groups is 1. The molecule has 0 aliphatic carbocycles. The molecule has 3 aromatic rings. The predicted molar refractivity (Wildman–Crippen MR) is 112 cm³/mol. The van der Waals surface area contributed by atoms with Gasteiger partial charge in [0.15, 0.2) is 6.04 Å². The Balaban J connectivity index is 1.68. The van der Waals surface area contributed by atoms with E-state index in [9.17, 15) is 9.59 Å². The molecule has 0 unspecified atom stereocenters. The Bertz CT molecular complexity index is 1040. The SMILES string of the molecule is Cc1ccc(C(=O)N[C@H]2C(=O)N/[N+](=C\c3ccccc3)[C@H]2c2ccccc2)cc1. The van der Waals surface area contributed by atoms with Gasteiger partial charge in [0.1, 0.15) is 0 Å². The van der Waals surface area contributed by atoms with E-state index in [2.05, 4.69) is 10.7 Å². The average Bonchev–Trinajstić information content (AvgIpc) is 3.04. The van der Waals surface area contributed by atoms with Crippen LogP contribution in [-0.4, -0.2) is 28.8 Å². The fourth-order valence-electron chi connectivity index (χ4n) is 3.46. The maximum Gasteiger partial charge on any atom is 0.304 e. The lowest BCUT2D eigenvalue weighted by atomic mass is 9.99. The van der Waals surface area contributed by atoms with Gasteiger partial charge in [0, 0.05) is 16.7 Å². The van der Waals surface area contributed by atoms with Crippen LogP contribution in [0.15, 0.2) is 84.9 Å². The number of benzene rings is 3. The van der Waals surface area contributed by atoms with E-state index in [4.69, 9.17) is 0 Å². The lowest BCUT2D eigenvalue weighted by Gasteiger charge is -2.14. The van der Waals surface area contributed by atoms with E-state index in [1.54, 1.807) is 16.8 Å². The van der Waals surface area contributed by atoms with Crippen molar-refractivity contribution in [1.82, 2.24) is 10.7 Å². The van der Waals surface area contributed by atoms with Crippen LogP contribution in [0.4, 0.5) is 0 Å². The van der Waals surface area contributed by atoms with Crippen LogP contribution in [0.25, 0.3) is 0 Å². The number of nitrogens with one attached hydrogen (secondary N) is 2. The Labute approximate surface area is 169 Å². The molecular weight excluding hydrogens is 362 g/mol. The monoisotopic (exact) mass is 384 g/mol. The van der Waals surface area contributed by atoms with Crippen LogP contribution in [0.3, 0.4) is 0 Å². The van der Waals surface area contributed by atoms with Gasteiger partial charge < -0.3 is 5.32 Å². The van der Waals surface area contributed by atoms with Gasteiger partial charge in [-0.2, -0.15) is 0 Å². The molecule has 5 heteroatoms. The molecule has 1 heterocycles. The average molecular weight is 384 g/mol. The van der Waals surface area contributed by atoms with Crippen LogP contribution in [0.5, 0.6) is 0 Å². The molecule has 1 fully saturated rings. The summed E-state index contributed by atoms with van der Waals surface area (Å²) in [6.45, 7) is 1.97. The first-order valence-electron chi connectivity index (χ1n) is 9.53.